The molecule has 0 spiro atoms. The third-order valence-electron chi connectivity index (χ3n) is 10.6. The molecule has 22 heteroatoms. The van der Waals surface area contributed by atoms with Crippen LogP contribution in [-0.4, -0.2) is 138 Å². The first-order chi connectivity index (χ1) is 32.7. The van der Waals surface area contributed by atoms with Crippen LogP contribution in [0.4, 0.5) is 0 Å². The fraction of sp³-hybridized carbons (Fsp3) is 0.319. The van der Waals surface area contributed by atoms with Crippen LogP contribution in [0.3, 0.4) is 0 Å². The van der Waals surface area contributed by atoms with Crippen molar-refractivity contribution in [1.29, 1.82) is 0 Å². The van der Waals surface area contributed by atoms with E-state index in [9.17, 15) is 74.1 Å². The highest BCUT2D eigenvalue weighted by molar-refractivity contribution is 5.98. The van der Waals surface area contributed by atoms with Crippen LogP contribution in [-0.2, 0) is 64.0 Å². The van der Waals surface area contributed by atoms with Gasteiger partial charge in [0.05, 0.1) is 19.1 Å². The number of phenols is 3. The topological polar surface area (TPSA) is 376 Å². The average Bonchev–Trinajstić information content (AvgIpc) is 3.31. The first kappa shape index (κ1) is 53.5. The Hall–Kier alpha value is -8.08. The van der Waals surface area contributed by atoms with Crippen LogP contribution in [0.5, 0.6) is 17.2 Å². The van der Waals surface area contributed by atoms with E-state index < -0.39 is 109 Å². The molecule has 0 heterocycles. The molecule has 4 aromatic carbocycles. The van der Waals surface area contributed by atoms with Gasteiger partial charge in [-0.15, -0.1) is 0 Å². The van der Waals surface area contributed by atoms with Crippen LogP contribution >= 0.6 is 0 Å². The van der Waals surface area contributed by atoms with Gasteiger partial charge in [-0.25, -0.2) is 4.79 Å². The van der Waals surface area contributed by atoms with Crippen molar-refractivity contribution in [1.82, 2.24) is 31.9 Å². The number of aliphatic hydroxyl groups excluding tert-OH is 2. The number of rotatable bonds is 25. The van der Waals surface area contributed by atoms with Crippen LogP contribution in [0.15, 0.2) is 103 Å². The van der Waals surface area contributed by atoms with Crippen molar-refractivity contribution in [2.24, 2.45) is 5.73 Å². The molecular weight excluding hydrogens is 903 g/mol. The van der Waals surface area contributed by atoms with Gasteiger partial charge in [0.25, 0.3) is 0 Å². The highest BCUT2D eigenvalue weighted by Gasteiger charge is 2.35. The maximum absolute atomic E-state index is 14.5. The first-order valence-electron chi connectivity index (χ1n) is 21.4. The van der Waals surface area contributed by atoms with E-state index in [1.165, 1.54) is 79.7 Å². The number of phenolic OH excluding ortho intramolecular Hbond substituents is 3. The van der Waals surface area contributed by atoms with Crippen molar-refractivity contribution in [3.63, 3.8) is 0 Å². The molecule has 0 aliphatic carbocycles. The number of benzene rings is 4. The van der Waals surface area contributed by atoms with E-state index >= 15 is 0 Å². The molecule has 4 aromatic rings. The number of aromatic hydroxyl groups is 3. The van der Waals surface area contributed by atoms with Gasteiger partial charge in [0, 0.05) is 25.7 Å². The van der Waals surface area contributed by atoms with Crippen molar-refractivity contribution < 1.29 is 74.1 Å². The summed E-state index contributed by atoms with van der Waals surface area (Å²) in [6.07, 6.45) is -3.37. The highest BCUT2D eigenvalue weighted by Crippen LogP contribution is 2.16. The lowest BCUT2D eigenvalue weighted by atomic mass is 10.00. The smallest absolute Gasteiger partial charge is 0.328 e. The molecule has 22 nitrogen and oxygen atoms in total. The van der Waals surface area contributed by atoms with Gasteiger partial charge in [-0.05, 0) is 65.6 Å². The molecular formula is C47H55N7O15. The lowest BCUT2D eigenvalue weighted by Crippen LogP contribution is -2.61. The van der Waals surface area contributed by atoms with Crippen molar-refractivity contribution >= 4 is 47.4 Å². The zero-order valence-corrected chi connectivity index (χ0v) is 37.2. The van der Waals surface area contributed by atoms with E-state index in [4.69, 9.17) is 5.73 Å². The standard InChI is InChI=1S/C47H55N7O15/c1-25(56)40(48)46(67)53-36(22-29-11-17-32(59)18-12-29)44(65)51-35(21-28-9-15-31(58)16-10-28)42(63)50-34(20-27-7-13-30(57)14-8-27)41(62)49-33(19-26-5-3-2-4-6-26)43(64)52-37(23-39(60)61)45(66)54-38(24-55)47(68)69/h2-18,25,33-38,40,55-59H,19-24,48H2,1H3,(H,49,62)(H,50,63)(H,51,65)(H,52,64)(H,53,67)(H,54,66)(H,60,61)(H,68,69)/t25-,33+,34+,35+,36+,37+,38+,40+/m1/s1. The van der Waals surface area contributed by atoms with E-state index in [2.05, 4.69) is 26.6 Å². The molecule has 0 bridgehead atoms. The summed E-state index contributed by atoms with van der Waals surface area (Å²) in [6.45, 7) is 0.205. The molecule has 0 radical (unpaired) electrons. The van der Waals surface area contributed by atoms with E-state index in [1.54, 1.807) is 30.3 Å². The molecule has 0 aliphatic heterocycles. The lowest BCUT2D eigenvalue weighted by molar-refractivity contribution is -0.144. The fourth-order valence-electron chi connectivity index (χ4n) is 6.71. The van der Waals surface area contributed by atoms with Gasteiger partial charge in [-0.2, -0.15) is 0 Å². The Morgan fingerprint density at radius 3 is 1.04 bits per heavy atom. The molecule has 69 heavy (non-hydrogen) atoms. The molecule has 0 aromatic heterocycles. The highest BCUT2D eigenvalue weighted by atomic mass is 16.4. The summed E-state index contributed by atoms with van der Waals surface area (Å²) in [5, 5.41) is 82.6. The van der Waals surface area contributed by atoms with Gasteiger partial charge >= 0.3 is 11.9 Å². The third-order valence-corrected chi connectivity index (χ3v) is 10.6. The summed E-state index contributed by atoms with van der Waals surface area (Å²) in [5.41, 5.74) is 7.60. The summed E-state index contributed by atoms with van der Waals surface area (Å²) in [6, 6.07) is 13.6. The Labute approximate surface area is 394 Å². The minimum Gasteiger partial charge on any atom is -0.508 e. The second kappa shape index (κ2) is 25.7. The number of hydrogen-bond donors (Lipinski definition) is 14. The molecule has 0 fully saturated rings. The summed E-state index contributed by atoms with van der Waals surface area (Å²) in [5.74, 6) is -9.71. The zero-order chi connectivity index (χ0) is 50.8. The first-order valence-corrected chi connectivity index (χ1v) is 21.4. The largest absolute Gasteiger partial charge is 0.508 e. The van der Waals surface area contributed by atoms with Gasteiger partial charge in [0.2, 0.25) is 35.4 Å². The maximum atomic E-state index is 14.5. The minimum atomic E-state index is -1.90. The van der Waals surface area contributed by atoms with Crippen molar-refractivity contribution in [2.75, 3.05) is 6.61 Å². The summed E-state index contributed by atoms with van der Waals surface area (Å²) >= 11 is 0. The number of nitrogens with one attached hydrogen (secondary N) is 6. The van der Waals surface area contributed by atoms with Crippen LogP contribution in [0.25, 0.3) is 0 Å². The molecule has 0 saturated carbocycles. The van der Waals surface area contributed by atoms with Gasteiger partial charge in [0.15, 0.2) is 0 Å². The number of carboxylic acids is 2. The second-order valence-corrected chi connectivity index (χ2v) is 16.1. The number of amides is 6. The van der Waals surface area contributed by atoms with Crippen LogP contribution < -0.4 is 37.6 Å². The van der Waals surface area contributed by atoms with Gasteiger partial charge < -0.3 is 73.4 Å². The lowest BCUT2D eigenvalue weighted by Gasteiger charge is -2.28. The second-order valence-electron chi connectivity index (χ2n) is 16.1. The van der Waals surface area contributed by atoms with E-state index in [-0.39, 0.29) is 42.9 Å². The maximum Gasteiger partial charge on any atom is 0.328 e. The zero-order valence-electron chi connectivity index (χ0n) is 37.2. The van der Waals surface area contributed by atoms with E-state index in [0.717, 1.165) is 0 Å². The molecule has 0 saturated heterocycles. The van der Waals surface area contributed by atoms with Crippen LogP contribution in [0, 0.1) is 0 Å². The number of nitrogens with two attached hydrogens (primary N) is 1. The molecule has 0 aliphatic rings. The number of carbonyl (C=O) groups excluding carboxylic acids is 6. The number of aliphatic hydroxyl groups is 2. The van der Waals surface area contributed by atoms with Crippen molar-refractivity contribution in [2.45, 2.75) is 87.4 Å². The Balaban J connectivity index is 1.71. The molecule has 6 amide bonds. The molecule has 368 valence electrons. The average molecular weight is 958 g/mol. The van der Waals surface area contributed by atoms with E-state index in [0.29, 0.717) is 22.3 Å². The molecule has 8 atom stereocenters. The van der Waals surface area contributed by atoms with Gasteiger partial charge in [0.1, 0.15) is 59.5 Å². The molecule has 15 N–H and O–H groups in total. The predicted octanol–water partition coefficient (Wildman–Crippen LogP) is -1.76. The Morgan fingerprint density at radius 2 is 0.739 bits per heavy atom. The number of hydrogen-bond acceptors (Lipinski definition) is 14. The SMILES string of the molecule is C[C@@H](O)[C@H](N)C(=O)N[C@@H](Cc1ccc(O)cc1)C(=O)N[C@@H](Cc1ccc(O)cc1)C(=O)N[C@@H](Cc1ccc(O)cc1)C(=O)N[C@@H](Cc1ccccc1)C(=O)N[C@@H](CC(=O)O)C(=O)N[C@@H](CO)C(=O)O. The monoisotopic (exact) mass is 957 g/mol. The number of carbonyl (C=O) groups is 8. The van der Waals surface area contributed by atoms with Gasteiger partial charge in [-0.3, -0.25) is 33.6 Å². The quantitative estimate of drug-likeness (QED) is 0.0350. The summed E-state index contributed by atoms with van der Waals surface area (Å²) in [7, 11) is 0. The number of carboxylic acid groups (broad SMARTS) is 2. The van der Waals surface area contributed by atoms with Crippen molar-refractivity contribution in [3.05, 3.63) is 125 Å². The summed E-state index contributed by atoms with van der Waals surface area (Å²) < 4.78 is 0. The van der Waals surface area contributed by atoms with E-state index in [1.807, 2.05) is 5.32 Å². The van der Waals surface area contributed by atoms with Gasteiger partial charge in [-0.1, -0.05) is 66.7 Å². The predicted molar refractivity (Wildman–Crippen MR) is 244 cm³/mol. The fourth-order valence-corrected chi connectivity index (χ4v) is 6.71. The Bertz CT molecular complexity index is 2400. The van der Waals surface area contributed by atoms with Crippen LogP contribution in [0.2, 0.25) is 0 Å². The van der Waals surface area contributed by atoms with Crippen LogP contribution in [0.1, 0.15) is 35.6 Å². The Morgan fingerprint density at radius 1 is 0.449 bits per heavy atom. The molecule has 0 unspecified atom stereocenters. The number of aliphatic carboxylic acids is 2. The minimum absolute atomic E-state index is 0.0804. The normalized spacial score (nSPS) is 14.4. The summed E-state index contributed by atoms with van der Waals surface area (Å²) in [4.78, 5) is 107. The third kappa shape index (κ3) is 17.3. The van der Waals surface area contributed by atoms with Crippen molar-refractivity contribution in [3.8, 4) is 17.2 Å². The molecule has 4 rings (SSSR count). The Kier molecular flexibility index (Phi) is 20.0.